The fraction of sp³-hybridized carbons (Fsp3) is 0.745. The number of primary amides is 1. The average Bonchev–Trinajstić information content (AvgIpc) is 3.34. The number of nitrogens with two attached hydrogens (primary N) is 4. The third-order valence-corrected chi connectivity index (χ3v) is 12.4. The van der Waals surface area contributed by atoms with Crippen LogP contribution >= 0.6 is 23.5 Å². The molecule has 442 valence electrons. The van der Waals surface area contributed by atoms with Gasteiger partial charge >= 0.3 is 11.9 Å². The van der Waals surface area contributed by atoms with Crippen molar-refractivity contribution in [3.05, 3.63) is 0 Å². The van der Waals surface area contributed by atoms with Crippen LogP contribution < -0.4 is 65.5 Å². The van der Waals surface area contributed by atoms with Crippen LogP contribution in [-0.4, -0.2) is 190 Å². The molecular formula is C47H86N12O16S2. The smallest absolute Gasteiger partial charge is 0.328 e. The highest BCUT2D eigenvalue weighted by Crippen LogP contribution is 2.13. The van der Waals surface area contributed by atoms with Gasteiger partial charge in [-0.15, -0.1) is 0 Å². The molecule has 0 radical (unpaired) electrons. The number of rotatable bonds is 40. The summed E-state index contributed by atoms with van der Waals surface area (Å²) in [7, 11) is 0. The van der Waals surface area contributed by atoms with E-state index < -0.39 is 144 Å². The Bertz CT molecular complexity index is 1920. The molecule has 0 aliphatic heterocycles. The summed E-state index contributed by atoms with van der Waals surface area (Å²) in [5.74, 6) is -11.6. The fourth-order valence-electron chi connectivity index (χ4n) is 6.92. The monoisotopic (exact) mass is 1140 g/mol. The zero-order valence-corrected chi connectivity index (χ0v) is 46.8. The van der Waals surface area contributed by atoms with Crippen molar-refractivity contribution in [2.24, 2.45) is 34.8 Å². The van der Waals surface area contributed by atoms with Crippen molar-refractivity contribution in [3.63, 3.8) is 0 Å². The molecule has 0 saturated carbocycles. The van der Waals surface area contributed by atoms with Gasteiger partial charge in [0.1, 0.15) is 48.3 Å². The van der Waals surface area contributed by atoms with Gasteiger partial charge in [-0.05, 0) is 113 Å². The fourth-order valence-corrected chi connectivity index (χ4v) is 7.88. The van der Waals surface area contributed by atoms with Crippen LogP contribution in [0.25, 0.3) is 0 Å². The maximum absolute atomic E-state index is 14.2. The van der Waals surface area contributed by atoms with Crippen LogP contribution in [0, 0.1) is 11.8 Å². The van der Waals surface area contributed by atoms with Crippen molar-refractivity contribution in [3.8, 4) is 0 Å². The van der Waals surface area contributed by atoms with Crippen LogP contribution in [0.1, 0.15) is 112 Å². The highest BCUT2D eigenvalue weighted by atomic mass is 32.2. The number of aliphatic carboxylic acids is 3. The number of hydrogen-bond donors (Lipinski definition) is 16. The van der Waals surface area contributed by atoms with E-state index in [1.807, 2.05) is 11.6 Å². The molecule has 0 aromatic heterocycles. The molecule has 20 N–H and O–H groups in total. The first-order valence-corrected chi connectivity index (χ1v) is 28.0. The summed E-state index contributed by atoms with van der Waals surface area (Å²) in [4.78, 5) is 153. The second-order valence-corrected chi connectivity index (χ2v) is 20.6. The largest absolute Gasteiger partial charge is 0.481 e. The molecule has 30 heteroatoms. The summed E-state index contributed by atoms with van der Waals surface area (Å²) in [6, 6.07) is -12.4. The number of thioether (sulfide) groups is 2. The van der Waals surface area contributed by atoms with Gasteiger partial charge in [0.25, 0.3) is 5.97 Å². The Labute approximate surface area is 458 Å². The molecule has 77 heavy (non-hydrogen) atoms. The number of aliphatic hydroxyl groups excluding tert-OH is 1. The summed E-state index contributed by atoms with van der Waals surface area (Å²) in [5, 5.41) is 55.5. The lowest BCUT2D eigenvalue weighted by atomic mass is 9.98. The molecule has 9 amide bonds. The van der Waals surface area contributed by atoms with E-state index in [2.05, 4.69) is 37.2 Å². The number of carboxylic acids is 3. The third-order valence-electron chi connectivity index (χ3n) is 11.1. The minimum absolute atomic E-state index is 0.0286. The van der Waals surface area contributed by atoms with Crippen molar-refractivity contribution in [1.82, 2.24) is 42.5 Å². The number of carbonyl (C=O) groups excluding carboxylic acids is 9. The quantitative estimate of drug-likeness (QED) is 0.0266. The zero-order valence-electron chi connectivity index (χ0n) is 45.2. The lowest BCUT2D eigenvalue weighted by molar-refractivity contribution is -0.144. The summed E-state index contributed by atoms with van der Waals surface area (Å²) < 4.78 is 0. The first-order valence-electron chi connectivity index (χ1n) is 25.2. The molecule has 28 nitrogen and oxygen atoms in total. The van der Waals surface area contributed by atoms with Crippen LogP contribution in [-0.2, 0) is 57.5 Å². The number of nitrogens with one attached hydrogen (secondary N) is 8. The van der Waals surface area contributed by atoms with E-state index in [1.165, 1.54) is 23.5 Å². The lowest BCUT2D eigenvalue weighted by Gasteiger charge is -2.29. The molecule has 0 heterocycles. The first kappa shape index (κ1) is 73.3. The molecule has 0 rings (SSSR count). The van der Waals surface area contributed by atoms with Crippen molar-refractivity contribution in [1.29, 1.82) is 0 Å². The lowest BCUT2D eigenvalue weighted by Crippen LogP contribution is -2.61. The minimum atomic E-state index is -1.82. The predicted molar refractivity (Wildman–Crippen MR) is 288 cm³/mol. The van der Waals surface area contributed by atoms with Gasteiger partial charge < -0.3 is 85.9 Å². The Morgan fingerprint density at radius 3 is 1.27 bits per heavy atom. The molecule has 0 spiro atoms. The van der Waals surface area contributed by atoms with Gasteiger partial charge in [0.05, 0.1) is 19.1 Å². The number of unbranched alkanes of at least 4 members (excludes halogenated alkanes) is 2. The maximum Gasteiger partial charge on any atom is 0.328 e. The Hall–Kier alpha value is -5.82. The van der Waals surface area contributed by atoms with Crippen LogP contribution in [0.4, 0.5) is 0 Å². The van der Waals surface area contributed by atoms with E-state index in [0.717, 1.165) is 6.92 Å². The molecule has 0 aliphatic carbocycles. The Morgan fingerprint density at radius 2 is 0.870 bits per heavy atom. The Kier molecular flexibility index (Phi) is 39.3. The van der Waals surface area contributed by atoms with E-state index >= 15 is 0 Å². The van der Waals surface area contributed by atoms with Crippen molar-refractivity contribution < 1.29 is 78.0 Å². The molecule has 0 bridgehead atoms. The van der Waals surface area contributed by atoms with E-state index in [4.69, 9.17) is 32.8 Å². The number of carboxylic acid groups (broad SMARTS) is 3. The second kappa shape index (κ2) is 41.3. The van der Waals surface area contributed by atoms with E-state index in [0.29, 0.717) is 43.6 Å². The number of carbonyl (C=O) groups is 12. The predicted octanol–water partition coefficient (Wildman–Crippen LogP) is -3.43. The molecule has 0 aromatic rings. The molecule has 0 aliphatic rings. The van der Waals surface area contributed by atoms with Gasteiger partial charge in [0.15, 0.2) is 0 Å². The van der Waals surface area contributed by atoms with E-state index in [9.17, 15) is 68.1 Å². The standard InChI is InChI=1S/C45H82N12O14S2.C2H4O2/c1-24(2)21-31(42(67)54-32(22-35(60)61)43(68)56-33(23-58)45(70)71)55-44(69)36(25(3)4)57-41(66)28(12-8-10-18-47)52-38(63)27(11-7-9-17-46)51-40(65)30(16-20-73-6)53-39(64)29(13-14-34(49)59)50-37(62)26(48)15-19-72-5;1-2(3)4/h24-33,36,58H,7-23,46-48H2,1-6H3,(H2,49,59)(H,50,62)(H,51,65)(H,52,63)(H,53,64)(H,54,67)(H,55,69)(H,56,68)(H,57,66)(H,60,61)(H,70,71);1H3,(H,3,4)/t26-,27-,28-,29-,30-,31-,32-,33-,36-;/m0./s1. The van der Waals surface area contributed by atoms with Gasteiger partial charge in [0, 0.05) is 13.3 Å². The van der Waals surface area contributed by atoms with Crippen LogP contribution in [0.2, 0.25) is 0 Å². The Balaban J connectivity index is 0. The molecule has 9 atom stereocenters. The first-order chi connectivity index (χ1) is 36.1. The Morgan fingerprint density at radius 1 is 0.494 bits per heavy atom. The number of aliphatic hydroxyl groups is 1. The molecular weight excluding hydrogens is 1050 g/mol. The SMILES string of the molecule is CC(=O)O.CSCC[C@H](NC(=O)[C@H](CCC(N)=O)NC(=O)[C@@H](N)CCSC)C(=O)N[C@@H](CCCCN)C(=O)N[C@@H](CCCCN)C(=O)N[C@H](C(=O)N[C@@H](CC(C)C)C(=O)N[C@@H](CC(=O)O)C(=O)N[C@@H](CO)C(=O)O)C(C)C. The molecule has 0 unspecified atom stereocenters. The van der Waals surface area contributed by atoms with Gasteiger partial charge in [-0.2, -0.15) is 23.5 Å². The highest BCUT2D eigenvalue weighted by molar-refractivity contribution is 7.98. The van der Waals surface area contributed by atoms with Crippen molar-refractivity contribution >= 4 is 94.6 Å². The van der Waals surface area contributed by atoms with Crippen LogP contribution in [0.15, 0.2) is 0 Å². The average molecular weight is 1140 g/mol. The van der Waals surface area contributed by atoms with Crippen LogP contribution in [0.5, 0.6) is 0 Å². The summed E-state index contributed by atoms with van der Waals surface area (Å²) in [5.41, 5.74) is 22.9. The third kappa shape index (κ3) is 33.2. The second-order valence-electron chi connectivity index (χ2n) is 18.7. The number of amides is 9. The van der Waals surface area contributed by atoms with E-state index in [-0.39, 0.29) is 57.5 Å². The van der Waals surface area contributed by atoms with Crippen molar-refractivity contribution in [2.75, 3.05) is 43.7 Å². The molecule has 0 aromatic carbocycles. The molecule has 0 saturated heterocycles. The summed E-state index contributed by atoms with van der Waals surface area (Å²) in [6.45, 7) is 7.18. The number of hydrogen-bond acceptors (Lipinski definition) is 18. The topological polar surface area (TPSA) is 486 Å². The molecule has 0 fully saturated rings. The van der Waals surface area contributed by atoms with Crippen LogP contribution in [0.3, 0.4) is 0 Å². The minimum Gasteiger partial charge on any atom is -0.481 e. The van der Waals surface area contributed by atoms with Gasteiger partial charge in [0.2, 0.25) is 53.2 Å². The summed E-state index contributed by atoms with van der Waals surface area (Å²) in [6.07, 6.45) is 4.19. The highest BCUT2D eigenvalue weighted by Gasteiger charge is 2.36. The zero-order chi connectivity index (χ0) is 59.4. The van der Waals surface area contributed by atoms with Gasteiger partial charge in [-0.3, -0.25) is 52.7 Å². The maximum atomic E-state index is 14.2. The van der Waals surface area contributed by atoms with E-state index in [1.54, 1.807) is 34.0 Å². The van der Waals surface area contributed by atoms with Crippen molar-refractivity contribution in [2.45, 2.75) is 166 Å². The summed E-state index contributed by atoms with van der Waals surface area (Å²) >= 11 is 2.84. The normalized spacial score (nSPS) is 14.5. The van der Waals surface area contributed by atoms with Gasteiger partial charge in [-0.25, -0.2) is 4.79 Å². The van der Waals surface area contributed by atoms with Gasteiger partial charge in [-0.1, -0.05) is 27.7 Å².